The molecule has 8 nitrogen and oxygen atoms in total. The molecule has 8 heteroatoms. The van der Waals surface area contributed by atoms with Crippen LogP contribution in [-0.4, -0.2) is 44.5 Å². The summed E-state index contributed by atoms with van der Waals surface area (Å²) in [6, 6.07) is 12.3. The summed E-state index contributed by atoms with van der Waals surface area (Å²) >= 11 is 0. The first kappa shape index (κ1) is 20.7. The third kappa shape index (κ3) is 4.63. The summed E-state index contributed by atoms with van der Waals surface area (Å²) in [5, 5.41) is 5.77. The molecule has 1 aliphatic carbocycles. The van der Waals surface area contributed by atoms with Gasteiger partial charge >= 0.3 is 0 Å². The summed E-state index contributed by atoms with van der Waals surface area (Å²) in [6.45, 7) is 0.266. The van der Waals surface area contributed by atoms with Gasteiger partial charge in [-0.05, 0) is 43.2 Å². The van der Waals surface area contributed by atoms with E-state index in [0.717, 1.165) is 12.8 Å². The van der Waals surface area contributed by atoms with E-state index < -0.39 is 5.92 Å². The van der Waals surface area contributed by atoms with Gasteiger partial charge in [0, 0.05) is 42.0 Å². The Hall–Kier alpha value is -3.55. The van der Waals surface area contributed by atoms with Gasteiger partial charge < -0.3 is 25.0 Å². The number of hydrogen-bond donors (Lipinski definition) is 2. The zero-order valence-corrected chi connectivity index (χ0v) is 17.5. The predicted octanol–water partition coefficient (Wildman–Crippen LogP) is 2.59. The normalized spacial score (nSPS) is 17.9. The lowest BCUT2D eigenvalue weighted by Gasteiger charge is -2.18. The highest BCUT2D eigenvalue weighted by Crippen LogP contribution is 2.34. The number of rotatable bonds is 7. The third-order valence-electron chi connectivity index (χ3n) is 5.48. The predicted molar refractivity (Wildman–Crippen MR) is 116 cm³/mol. The van der Waals surface area contributed by atoms with Crippen LogP contribution in [0.25, 0.3) is 0 Å². The second-order valence-corrected chi connectivity index (χ2v) is 7.76. The lowest BCUT2D eigenvalue weighted by molar-refractivity contribution is -0.122. The van der Waals surface area contributed by atoms with Gasteiger partial charge in [0.25, 0.3) is 5.91 Å². The molecule has 0 spiro atoms. The maximum atomic E-state index is 12.8. The maximum Gasteiger partial charge on any atom is 0.251 e. The summed E-state index contributed by atoms with van der Waals surface area (Å²) < 4.78 is 10.5. The minimum atomic E-state index is -0.496. The van der Waals surface area contributed by atoms with Crippen molar-refractivity contribution in [1.29, 1.82) is 0 Å². The quantitative estimate of drug-likeness (QED) is 0.714. The monoisotopic (exact) mass is 423 g/mol. The molecular weight excluding hydrogens is 398 g/mol. The number of nitrogens with one attached hydrogen (secondary N) is 2. The van der Waals surface area contributed by atoms with Gasteiger partial charge in [0.05, 0.1) is 20.1 Å². The van der Waals surface area contributed by atoms with E-state index >= 15 is 0 Å². The number of hydrogen-bond acceptors (Lipinski definition) is 5. The molecule has 1 unspecified atom stereocenters. The molecule has 0 bridgehead atoms. The molecule has 2 aromatic rings. The molecule has 0 aromatic heterocycles. The molecule has 1 saturated heterocycles. The average molecular weight is 423 g/mol. The minimum absolute atomic E-state index is 0.113. The Morgan fingerprint density at radius 2 is 1.81 bits per heavy atom. The molecule has 3 amide bonds. The van der Waals surface area contributed by atoms with Gasteiger partial charge in [-0.25, -0.2) is 0 Å². The molecule has 162 valence electrons. The Kier molecular flexibility index (Phi) is 5.79. The second-order valence-electron chi connectivity index (χ2n) is 7.76. The molecule has 0 radical (unpaired) electrons. The van der Waals surface area contributed by atoms with Crippen LogP contribution in [0, 0.1) is 5.92 Å². The fraction of sp³-hybridized carbons (Fsp3) is 0.348. The summed E-state index contributed by atoms with van der Waals surface area (Å²) in [5.74, 6) is 0.0552. The first-order chi connectivity index (χ1) is 15.0. The van der Waals surface area contributed by atoms with Crippen molar-refractivity contribution in [2.24, 2.45) is 5.92 Å². The molecule has 1 saturated carbocycles. The van der Waals surface area contributed by atoms with Crippen LogP contribution < -0.4 is 25.0 Å². The highest BCUT2D eigenvalue weighted by molar-refractivity contribution is 6.04. The van der Waals surface area contributed by atoms with Crippen LogP contribution in [0.5, 0.6) is 11.5 Å². The van der Waals surface area contributed by atoms with E-state index in [9.17, 15) is 14.4 Å². The minimum Gasteiger partial charge on any atom is -0.493 e. The number of carbonyl (C=O) groups is 3. The number of anilines is 2. The van der Waals surface area contributed by atoms with Gasteiger partial charge in [0.2, 0.25) is 11.8 Å². The molecular formula is C23H25N3O5. The Labute approximate surface area is 180 Å². The summed E-state index contributed by atoms with van der Waals surface area (Å²) in [5.41, 5.74) is 1.68. The Bertz CT molecular complexity index is 1020. The van der Waals surface area contributed by atoms with Crippen LogP contribution in [0.4, 0.5) is 11.4 Å². The number of methoxy groups -OCH3 is 2. The fourth-order valence-corrected chi connectivity index (χ4v) is 3.60. The highest BCUT2D eigenvalue weighted by atomic mass is 16.5. The van der Waals surface area contributed by atoms with E-state index in [1.165, 1.54) is 7.11 Å². The van der Waals surface area contributed by atoms with Gasteiger partial charge in [0.1, 0.15) is 0 Å². The van der Waals surface area contributed by atoms with Gasteiger partial charge in [-0.15, -0.1) is 0 Å². The first-order valence-corrected chi connectivity index (χ1v) is 10.2. The molecule has 31 heavy (non-hydrogen) atoms. The van der Waals surface area contributed by atoms with Crippen molar-refractivity contribution in [2.45, 2.75) is 25.3 Å². The highest BCUT2D eigenvalue weighted by Gasteiger charge is 2.35. The van der Waals surface area contributed by atoms with Crippen LogP contribution in [0.15, 0.2) is 42.5 Å². The van der Waals surface area contributed by atoms with Crippen molar-refractivity contribution in [3.63, 3.8) is 0 Å². The van der Waals surface area contributed by atoms with Crippen molar-refractivity contribution < 1.29 is 23.9 Å². The number of nitrogens with zero attached hydrogens (tertiary/aromatic N) is 1. The Balaban J connectivity index is 1.42. The van der Waals surface area contributed by atoms with Crippen molar-refractivity contribution >= 4 is 29.1 Å². The van der Waals surface area contributed by atoms with Crippen LogP contribution in [-0.2, 0) is 9.59 Å². The van der Waals surface area contributed by atoms with Gasteiger partial charge in [0.15, 0.2) is 11.5 Å². The van der Waals surface area contributed by atoms with Crippen LogP contribution >= 0.6 is 0 Å². The van der Waals surface area contributed by atoms with Crippen LogP contribution in [0.3, 0.4) is 0 Å². The topological polar surface area (TPSA) is 97.0 Å². The summed E-state index contributed by atoms with van der Waals surface area (Å²) in [6.07, 6.45) is 2.13. The van der Waals surface area contributed by atoms with Gasteiger partial charge in [-0.2, -0.15) is 0 Å². The molecule has 2 N–H and O–H groups in total. The van der Waals surface area contributed by atoms with Crippen LogP contribution in [0.2, 0.25) is 0 Å². The van der Waals surface area contributed by atoms with E-state index in [2.05, 4.69) is 10.6 Å². The number of benzene rings is 2. The number of amides is 3. The van der Waals surface area contributed by atoms with E-state index in [4.69, 9.17) is 9.47 Å². The molecule has 2 aromatic carbocycles. The average Bonchev–Trinajstić information content (AvgIpc) is 3.51. The molecule has 1 heterocycles. The zero-order valence-electron chi connectivity index (χ0n) is 17.5. The maximum absolute atomic E-state index is 12.8. The van der Waals surface area contributed by atoms with Crippen molar-refractivity contribution in [3.05, 3.63) is 48.0 Å². The number of carbonyl (C=O) groups excluding carboxylic acids is 3. The molecule has 2 aliphatic rings. The molecule has 4 rings (SSSR count). The number of ether oxygens (including phenoxy) is 2. The smallest absolute Gasteiger partial charge is 0.251 e. The second kappa shape index (κ2) is 8.67. The van der Waals surface area contributed by atoms with Crippen molar-refractivity contribution in [3.8, 4) is 11.5 Å². The SMILES string of the molecule is COc1ccc(N2CC(C(=O)Nc3cccc(C(=O)NC4CC4)c3)CC2=O)cc1OC. The molecule has 1 atom stereocenters. The van der Waals surface area contributed by atoms with Crippen molar-refractivity contribution in [1.82, 2.24) is 5.32 Å². The largest absolute Gasteiger partial charge is 0.493 e. The third-order valence-corrected chi connectivity index (χ3v) is 5.48. The zero-order chi connectivity index (χ0) is 22.0. The van der Waals surface area contributed by atoms with Gasteiger partial charge in [-0.1, -0.05) is 6.07 Å². The Morgan fingerprint density at radius 1 is 1.03 bits per heavy atom. The van der Waals surface area contributed by atoms with E-state index in [1.54, 1.807) is 54.5 Å². The lowest BCUT2D eigenvalue weighted by Crippen LogP contribution is -2.28. The summed E-state index contributed by atoms with van der Waals surface area (Å²) in [7, 11) is 3.08. The first-order valence-electron chi connectivity index (χ1n) is 10.2. The lowest BCUT2D eigenvalue weighted by atomic mass is 10.1. The van der Waals surface area contributed by atoms with Crippen molar-refractivity contribution in [2.75, 3.05) is 31.0 Å². The van der Waals surface area contributed by atoms with E-state index in [1.807, 2.05) is 0 Å². The fourth-order valence-electron chi connectivity index (χ4n) is 3.60. The summed E-state index contributed by atoms with van der Waals surface area (Å²) in [4.78, 5) is 39.2. The van der Waals surface area contributed by atoms with Gasteiger partial charge in [-0.3, -0.25) is 14.4 Å². The van der Waals surface area contributed by atoms with E-state index in [0.29, 0.717) is 28.4 Å². The van der Waals surface area contributed by atoms with Crippen LogP contribution in [0.1, 0.15) is 29.6 Å². The molecule has 2 fully saturated rings. The standard InChI is InChI=1S/C23H25N3O5/c1-30-19-9-8-18(12-20(19)31-2)26-13-15(11-21(26)27)23(29)25-17-5-3-4-14(10-17)22(28)24-16-6-7-16/h3-5,8-10,12,15-16H,6-7,11,13H2,1-2H3,(H,24,28)(H,25,29). The molecule has 1 aliphatic heterocycles. The van der Waals surface area contributed by atoms with E-state index in [-0.39, 0.29) is 36.7 Å². The Morgan fingerprint density at radius 3 is 2.52 bits per heavy atom.